The predicted molar refractivity (Wildman–Crippen MR) is 140 cm³/mol. The molecular weight excluding hydrogens is 478 g/mol. The van der Waals surface area contributed by atoms with E-state index in [1.165, 1.54) is 6.08 Å². The summed E-state index contributed by atoms with van der Waals surface area (Å²) in [5, 5.41) is 25.2. The zero-order valence-corrected chi connectivity index (χ0v) is 22.9. The third-order valence-corrected chi connectivity index (χ3v) is 5.73. The largest absolute Gasteiger partial charge is 0.490 e. The van der Waals surface area contributed by atoms with Crippen molar-refractivity contribution in [1.82, 2.24) is 5.32 Å². The van der Waals surface area contributed by atoms with Crippen LogP contribution in [0.3, 0.4) is 0 Å². The number of hydrogen-bond acceptors (Lipinski definition) is 9. The van der Waals surface area contributed by atoms with E-state index < -0.39 is 41.3 Å². The molecule has 0 amide bonds. The zero-order chi connectivity index (χ0) is 27.6. The monoisotopic (exact) mass is 521 g/mol. The Hall–Kier alpha value is -2.62. The lowest BCUT2D eigenvalue weighted by Crippen LogP contribution is -2.63. The Bertz CT molecular complexity index is 925. The summed E-state index contributed by atoms with van der Waals surface area (Å²) in [4.78, 5) is 25.2. The second-order valence-electron chi connectivity index (χ2n) is 10.4. The molecule has 0 unspecified atom stereocenters. The minimum Gasteiger partial charge on any atom is -0.490 e. The van der Waals surface area contributed by atoms with Crippen LogP contribution in [0, 0.1) is 0 Å². The minimum atomic E-state index is -1.90. The van der Waals surface area contributed by atoms with E-state index in [9.17, 15) is 19.8 Å². The average Bonchev–Trinajstić information content (AvgIpc) is 2.82. The van der Waals surface area contributed by atoms with Crippen LogP contribution in [0.25, 0.3) is 6.08 Å². The van der Waals surface area contributed by atoms with Gasteiger partial charge in [-0.3, -0.25) is 0 Å². The number of hydrogen-bond donors (Lipinski definition) is 3. The molecule has 1 saturated carbocycles. The first-order valence-corrected chi connectivity index (χ1v) is 13.1. The van der Waals surface area contributed by atoms with Crippen LogP contribution in [-0.4, -0.2) is 71.4 Å². The lowest BCUT2D eigenvalue weighted by molar-refractivity contribution is -0.188. The van der Waals surface area contributed by atoms with Gasteiger partial charge in [0, 0.05) is 30.5 Å². The van der Waals surface area contributed by atoms with E-state index in [1.807, 2.05) is 34.6 Å². The first kappa shape index (κ1) is 30.6. The van der Waals surface area contributed by atoms with E-state index in [0.717, 1.165) is 12.8 Å². The topological polar surface area (TPSA) is 124 Å². The Morgan fingerprint density at radius 3 is 2.32 bits per heavy atom. The van der Waals surface area contributed by atoms with Crippen LogP contribution in [0.5, 0.6) is 11.5 Å². The van der Waals surface area contributed by atoms with Crippen molar-refractivity contribution in [2.24, 2.45) is 0 Å². The number of aliphatic hydroxyl groups is 2. The van der Waals surface area contributed by atoms with Gasteiger partial charge in [-0.25, -0.2) is 9.59 Å². The van der Waals surface area contributed by atoms with Gasteiger partial charge in [-0.15, -0.1) is 0 Å². The average molecular weight is 522 g/mol. The van der Waals surface area contributed by atoms with Gasteiger partial charge in [0.05, 0.1) is 19.8 Å². The number of carbonyl (C=O) groups is 2. The van der Waals surface area contributed by atoms with Crippen LogP contribution in [0.4, 0.5) is 0 Å². The van der Waals surface area contributed by atoms with Crippen molar-refractivity contribution in [3.05, 3.63) is 29.8 Å². The molecule has 0 aromatic heterocycles. The maximum absolute atomic E-state index is 12.7. The molecule has 2 rings (SSSR count). The molecule has 0 spiro atoms. The van der Waals surface area contributed by atoms with E-state index in [0.29, 0.717) is 30.3 Å². The number of esters is 2. The van der Waals surface area contributed by atoms with E-state index in [1.54, 1.807) is 31.2 Å². The second-order valence-corrected chi connectivity index (χ2v) is 10.4. The van der Waals surface area contributed by atoms with Crippen LogP contribution in [0.1, 0.15) is 72.8 Å². The molecular formula is C28H43NO8. The highest BCUT2D eigenvalue weighted by Crippen LogP contribution is 2.33. The number of aliphatic hydroxyl groups excluding tert-OH is 1. The number of nitrogens with one attached hydrogen (secondary N) is 1. The standard InChI is InChI=1S/C28H43NO8/c1-7-14-35-21-12-10-19(16-22(21)36-15-8-2)11-13-24(30)37-23-18-28(33,26(32)34-9-3)17-20(25(23)31)29-27(4,5)6/h10-13,16,20,23,25,29,31,33H,7-9,14-15,17-18H2,1-6H3/b13-11+/t20-,23+,25+,28-/m0/s1. The molecule has 1 aromatic rings. The van der Waals surface area contributed by atoms with E-state index in [2.05, 4.69) is 5.32 Å². The van der Waals surface area contributed by atoms with Crippen molar-refractivity contribution in [3.63, 3.8) is 0 Å². The molecule has 0 aliphatic heterocycles. The fourth-order valence-electron chi connectivity index (χ4n) is 4.15. The van der Waals surface area contributed by atoms with Gasteiger partial charge in [0.15, 0.2) is 17.1 Å². The summed E-state index contributed by atoms with van der Waals surface area (Å²) in [5.74, 6) is -0.293. The maximum atomic E-state index is 12.7. The van der Waals surface area contributed by atoms with Crippen LogP contribution >= 0.6 is 0 Å². The summed E-state index contributed by atoms with van der Waals surface area (Å²) in [6.45, 7) is 12.6. The second kappa shape index (κ2) is 13.8. The third kappa shape index (κ3) is 9.32. The summed E-state index contributed by atoms with van der Waals surface area (Å²) in [7, 11) is 0. The van der Waals surface area contributed by atoms with Gasteiger partial charge in [0.1, 0.15) is 12.2 Å². The van der Waals surface area contributed by atoms with E-state index in [4.69, 9.17) is 18.9 Å². The van der Waals surface area contributed by atoms with Gasteiger partial charge in [0.25, 0.3) is 0 Å². The summed E-state index contributed by atoms with van der Waals surface area (Å²) in [6.07, 6.45) is 1.93. The first-order chi connectivity index (χ1) is 17.4. The Balaban J connectivity index is 2.18. The van der Waals surface area contributed by atoms with Crippen molar-refractivity contribution in [2.75, 3.05) is 19.8 Å². The smallest absolute Gasteiger partial charge is 0.338 e. The molecule has 1 aliphatic carbocycles. The predicted octanol–water partition coefficient (Wildman–Crippen LogP) is 3.39. The molecule has 4 atom stereocenters. The van der Waals surface area contributed by atoms with Gasteiger partial charge in [-0.2, -0.15) is 0 Å². The number of carbonyl (C=O) groups excluding carboxylic acids is 2. The highest BCUT2D eigenvalue weighted by molar-refractivity contribution is 5.87. The van der Waals surface area contributed by atoms with Crippen LogP contribution in [0.15, 0.2) is 24.3 Å². The molecule has 1 aromatic carbocycles. The Labute approximate surface area is 220 Å². The van der Waals surface area contributed by atoms with Gasteiger partial charge >= 0.3 is 11.9 Å². The van der Waals surface area contributed by atoms with Gasteiger partial charge in [0.2, 0.25) is 0 Å². The summed E-state index contributed by atoms with van der Waals surface area (Å²) >= 11 is 0. The van der Waals surface area contributed by atoms with Gasteiger partial charge in [-0.05, 0) is 64.3 Å². The molecule has 0 saturated heterocycles. The zero-order valence-electron chi connectivity index (χ0n) is 22.9. The SMILES string of the molecule is CCCOc1ccc(/C=C/C(=O)O[C@@H]2C[C@](O)(C(=O)OCC)C[C@H](NC(C)(C)C)[C@H]2O)cc1OCCC. The first-order valence-electron chi connectivity index (χ1n) is 13.1. The molecule has 0 heterocycles. The van der Waals surface area contributed by atoms with Crippen LogP contribution < -0.4 is 14.8 Å². The molecule has 9 nitrogen and oxygen atoms in total. The highest BCUT2D eigenvalue weighted by atomic mass is 16.6. The summed E-state index contributed by atoms with van der Waals surface area (Å²) in [6, 6.07) is 4.67. The van der Waals surface area contributed by atoms with Crippen molar-refractivity contribution in [1.29, 1.82) is 0 Å². The lowest BCUT2D eigenvalue weighted by Gasteiger charge is -2.44. The van der Waals surface area contributed by atoms with E-state index in [-0.39, 0.29) is 19.4 Å². The molecule has 208 valence electrons. The summed E-state index contributed by atoms with van der Waals surface area (Å²) in [5.41, 5.74) is -1.61. The molecule has 3 N–H and O–H groups in total. The van der Waals surface area contributed by atoms with Crippen molar-refractivity contribution < 1.29 is 38.7 Å². The fraction of sp³-hybridized carbons (Fsp3) is 0.643. The lowest BCUT2D eigenvalue weighted by atomic mass is 9.77. The Morgan fingerprint density at radius 2 is 1.73 bits per heavy atom. The number of rotatable bonds is 12. The molecule has 0 bridgehead atoms. The normalized spacial score (nSPS) is 24.1. The Morgan fingerprint density at radius 1 is 1.08 bits per heavy atom. The molecule has 1 aliphatic rings. The third-order valence-electron chi connectivity index (χ3n) is 5.73. The van der Waals surface area contributed by atoms with E-state index >= 15 is 0 Å². The van der Waals surface area contributed by atoms with Gasteiger partial charge < -0.3 is 34.5 Å². The van der Waals surface area contributed by atoms with Crippen molar-refractivity contribution in [2.45, 2.75) is 96.6 Å². The number of benzene rings is 1. The fourth-order valence-corrected chi connectivity index (χ4v) is 4.15. The highest BCUT2D eigenvalue weighted by Gasteiger charge is 2.52. The summed E-state index contributed by atoms with van der Waals surface area (Å²) < 4.78 is 22.1. The maximum Gasteiger partial charge on any atom is 0.338 e. The number of ether oxygens (including phenoxy) is 4. The molecule has 9 heteroatoms. The molecule has 1 fully saturated rings. The Kier molecular flexibility index (Phi) is 11.4. The molecule has 37 heavy (non-hydrogen) atoms. The molecule has 0 radical (unpaired) electrons. The van der Waals surface area contributed by atoms with Crippen molar-refractivity contribution >= 4 is 18.0 Å². The quantitative estimate of drug-likeness (QED) is 0.280. The van der Waals surface area contributed by atoms with Crippen molar-refractivity contribution in [3.8, 4) is 11.5 Å². The van der Waals surface area contributed by atoms with Crippen LogP contribution in [0.2, 0.25) is 0 Å². The van der Waals surface area contributed by atoms with Crippen LogP contribution in [-0.2, 0) is 19.1 Å². The minimum absolute atomic E-state index is 0.0683. The van der Waals surface area contributed by atoms with Gasteiger partial charge in [-0.1, -0.05) is 19.9 Å².